The molecule has 1 unspecified atom stereocenters. The van der Waals surface area contributed by atoms with E-state index in [-0.39, 0.29) is 0 Å². The Balaban J connectivity index is 1.91. The van der Waals surface area contributed by atoms with Crippen LogP contribution in [0.5, 0.6) is 0 Å². The molecular weight excluding hydrogens is 188 g/mol. The second kappa shape index (κ2) is 7.10. The lowest BCUT2D eigenvalue weighted by atomic mass is 10.1. The lowest BCUT2D eigenvalue weighted by Crippen LogP contribution is -2.06. The summed E-state index contributed by atoms with van der Waals surface area (Å²) in [6, 6.07) is 0. The van der Waals surface area contributed by atoms with Crippen LogP contribution < -0.4 is 0 Å². The van der Waals surface area contributed by atoms with Gasteiger partial charge in [-0.05, 0) is 25.7 Å². The highest BCUT2D eigenvalue weighted by atomic mass is 33.1. The van der Waals surface area contributed by atoms with Crippen molar-refractivity contribution in [3.8, 4) is 0 Å². The van der Waals surface area contributed by atoms with Crippen molar-refractivity contribution in [2.24, 2.45) is 0 Å². The van der Waals surface area contributed by atoms with Gasteiger partial charge in [0.25, 0.3) is 0 Å². The van der Waals surface area contributed by atoms with E-state index in [0.717, 1.165) is 11.7 Å². The fourth-order valence-corrected chi connectivity index (χ4v) is 4.31. The number of aliphatic hydroxyl groups excluding tert-OH is 1. The van der Waals surface area contributed by atoms with Gasteiger partial charge in [-0.2, -0.15) is 0 Å². The zero-order chi connectivity index (χ0) is 8.65. The van der Waals surface area contributed by atoms with Crippen molar-refractivity contribution in [2.75, 3.05) is 12.4 Å². The van der Waals surface area contributed by atoms with E-state index < -0.39 is 0 Å². The second-order valence-corrected chi connectivity index (χ2v) is 6.04. The molecule has 1 nitrogen and oxygen atoms in total. The summed E-state index contributed by atoms with van der Waals surface area (Å²) in [7, 11) is 4.11. The average Bonchev–Trinajstić information content (AvgIpc) is 2.14. The molecule has 12 heavy (non-hydrogen) atoms. The van der Waals surface area contributed by atoms with Gasteiger partial charge in [-0.3, -0.25) is 0 Å². The van der Waals surface area contributed by atoms with Gasteiger partial charge in [0.15, 0.2) is 0 Å². The molecule has 3 heteroatoms. The fraction of sp³-hybridized carbons (Fsp3) is 1.00. The van der Waals surface area contributed by atoms with Gasteiger partial charge in [0, 0.05) is 17.6 Å². The Labute approximate surface area is 83.1 Å². The summed E-state index contributed by atoms with van der Waals surface area (Å²) in [4.78, 5) is 0. The molecule has 72 valence electrons. The van der Waals surface area contributed by atoms with Gasteiger partial charge < -0.3 is 5.11 Å². The third kappa shape index (κ3) is 4.63. The SMILES string of the molecule is OCCCCCC1CCCSS1. The van der Waals surface area contributed by atoms with Crippen molar-refractivity contribution in [1.29, 1.82) is 0 Å². The Morgan fingerprint density at radius 1 is 1.25 bits per heavy atom. The number of unbranched alkanes of at least 4 members (excludes halogenated alkanes) is 2. The number of rotatable bonds is 5. The molecule has 1 saturated heterocycles. The van der Waals surface area contributed by atoms with Gasteiger partial charge >= 0.3 is 0 Å². The van der Waals surface area contributed by atoms with E-state index in [1.165, 1.54) is 37.9 Å². The number of hydrogen-bond donors (Lipinski definition) is 1. The minimum absolute atomic E-state index is 0.368. The molecule has 0 radical (unpaired) electrons. The summed E-state index contributed by atoms with van der Waals surface area (Å²) in [5.74, 6) is 1.35. The molecule has 0 amide bonds. The van der Waals surface area contributed by atoms with Crippen molar-refractivity contribution in [2.45, 2.75) is 43.8 Å². The summed E-state index contributed by atoms with van der Waals surface area (Å²) in [5.41, 5.74) is 0. The molecule has 0 aromatic carbocycles. The van der Waals surface area contributed by atoms with Crippen molar-refractivity contribution in [3.63, 3.8) is 0 Å². The number of hydrogen-bond acceptors (Lipinski definition) is 3. The van der Waals surface area contributed by atoms with Gasteiger partial charge in [-0.25, -0.2) is 0 Å². The van der Waals surface area contributed by atoms with E-state index in [0.29, 0.717) is 6.61 Å². The molecular formula is C9H18OS2. The number of aliphatic hydroxyl groups is 1. The van der Waals surface area contributed by atoms with Gasteiger partial charge in [-0.1, -0.05) is 34.4 Å². The van der Waals surface area contributed by atoms with Gasteiger partial charge in [0.1, 0.15) is 0 Å². The lowest BCUT2D eigenvalue weighted by molar-refractivity contribution is 0.282. The third-order valence-electron chi connectivity index (χ3n) is 2.14. The van der Waals surface area contributed by atoms with Crippen LogP contribution in [0.25, 0.3) is 0 Å². The average molecular weight is 206 g/mol. The molecule has 1 aliphatic rings. The van der Waals surface area contributed by atoms with E-state index in [4.69, 9.17) is 5.11 Å². The second-order valence-electron chi connectivity index (χ2n) is 3.26. The molecule has 1 aliphatic heterocycles. The summed E-state index contributed by atoms with van der Waals surface area (Å²) in [6.07, 6.45) is 7.68. The van der Waals surface area contributed by atoms with Gasteiger partial charge in [-0.15, -0.1) is 0 Å². The van der Waals surface area contributed by atoms with Crippen LogP contribution in [0.3, 0.4) is 0 Å². The minimum Gasteiger partial charge on any atom is -0.396 e. The van der Waals surface area contributed by atoms with Crippen molar-refractivity contribution in [3.05, 3.63) is 0 Å². The van der Waals surface area contributed by atoms with E-state index in [1.807, 2.05) is 10.8 Å². The molecule has 1 N–H and O–H groups in total. The summed E-state index contributed by atoms with van der Waals surface area (Å²) in [6.45, 7) is 0.368. The predicted molar refractivity (Wildman–Crippen MR) is 58.6 cm³/mol. The Morgan fingerprint density at radius 3 is 2.83 bits per heavy atom. The zero-order valence-electron chi connectivity index (χ0n) is 7.50. The first-order chi connectivity index (χ1) is 5.93. The topological polar surface area (TPSA) is 20.2 Å². The van der Waals surface area contributed by atoms with E-state index >= 15 is 0 Å². The van der Waals surface area contributed by atoms with Crippen molar-refractivity contribution >= 4 is 21.6 Å². The quantitative estimate of drug-likeness (QED) is 0.551. The van der Waals surface area contributed by atoms with E-state index in [1.54, 1.807) is 0 Å². The Kier molecular flexibility index (Phi) is 6.35. The highest BCUT2D eigenvalue weighted by molar-refractivity contribution is 8.77. The molecule has 1 heterocycles. The minimum atomic E-state index is 0.368. The molecule has 0 saturated carbocycles. The Hall–Kier alpha value is 0.660. The standard InChI is InChI=1S/C9H18OS2/c10-7-3-1-2-5-9-6-4-8-11-12-9/h9-10H,1-8H2. The monoisotopic (exact) mass is 206 g/mol. The van der Waals surface area contributed by atoms with E-state index in [2.05, 4.69) is 10.8 Å². The maximum atomic E-state index is 8.59. The predicted octanol–water partition coefficient (Wildman–Crippen LogP) is 3.08. The van der Waals surface area contributed by atoms with Crippen LogP contribution in [-0.2, 0) is 0 Å². The molecule has 1 rings (SSSR count). The van der Waals surface area contributed by atoms with Gasteiger partial charge in [0.2, 0.25) is 0 Å². The summed E-state index contributed by atoms with van der Waals surface area (Å²) < 4.78 is 0. The van der Waals surface area contributed by atoms with Crippen LogP contribution in [0.1, 0.15) is 38.5 Å². The Morgan fingerprint density at radius 2 is 2.17 bits per heavy atom. The zero-order valence-corrected chi connectivity index (χ0v) is 9.13. The van der Waals surface area contributed by atoms with Gasteiger partial charge in [0.05, 0.1) is 0 Å². The van der Waals surface area contributed by atoms with Crippen molar-refractivity contribution in [1.82, 2.24) is 0 Å². The first-order valence-electron chi connectivity index (χ1n) is 4.82. The first kappa shape index (κ1) is 10.7. The van der Waals surface area contributed by atoms with Crippen LogP contribution in [0.2, 0.25) is 0 Å². The highest BCUT2D eigenvalue weighted by Gasteiger charge is 2.13. The van der Waals surface area contributed by atoms with Crippen molar-refractivity contribution < 1.29 is 5.11 Å². The molecule has 0 aromatic rings. The Bertz CT molecular complexity index is 103. The molecule has 1 atom stereocenters. The molecule has 0 aliphatic carbocycles. The molecule has 0 bridgehead atoms. The van der Waals surface area contributed by atoms with Crippen LogP contribution >= 0.6 is 21.6 Å². The van der Waals surface area contributed by atoms with Crippen LogP contribution in [-0.4, -0.2) is 22.7 Å². The van der Waals surface area contributed by atoms with Crippen LogP contribution in [0, 0.1) is 0 Å². The highest BCUT2D eigenvalue weighted by Crippen LogP contribution is 2.37. The first-order valence-corrected chi connectivity index (χ1v) is 7.21. The smallest absolute Gasteiger partial charge is 0.0431 e. The van der Waals surface area contributed by atoms with Crippen LogP contribution in [0.15, 0.2) is 0 Å². The third-order valence-corrected chi connectivity index (χ3v) is 5.20. The maximum absolute atomic E-state index is 8.59. The molecule has 0 aromatic heterocycles. The fourth-order valence-electron chi connectivity index (χ4n) is 1.42. The summed E-state index contributed by atoms with van der Waals surface area (Å²) in [5, 5.41) is 9.50. The van der Waals surface area contributed by atoms with E-state index in [9.17, 15) is 0 Å². The normalized spacial score (nSPS) is 24.2. The maximum Gasteiger partial charge on any atom is 0.0431 e. The largest absolute Gasteiger partial charge is 0.396 e. The lowest BCUT2D eigenvalue weighted by Gasteiger charge is -2.19. The van der Waals surface area contributed by atoms with Crippen LogP contribution in [0.4, 0.5) is 0 Å². The molecule has 1 fully saturated rings. The molecule has 0 spiro atoms. The summed E-state index contributed by atoms with van der Waals surface area (Å²) >= 11 is 0.